The van der Waals surface area contributed by atoms with Crippen LogP contribution in [0.4, 0.5) is 0 Å². The lowest BCUT2D eigenvalue weighted by atomic mass is 9.98. The zero-order valence-electron chi connectivity index (χ0n) is 17.2. The largest absolute Gasteiger partial charge is 0.356 e. The minimum Gasteiger partial charge on any atom is -0.356 e. The summed E-state index contributed by atoms with van der Waals surface area (Å²) in [5.41, 5.74) is 1.41. The molecule has 1 aromatic rings. The molecule has 2 aliphatic rings. The molecule has 0 radical (unpaired) electrons. The van der Waals surface area contributed by atoms with Crippen LogP contribution < -0.4 is 10.6 Å². The predicted octanol–water partition coefficient (Wildman–Crippen LogP) is 2.55. The number of likely N-dealkylation sites (tertiary alicyclic amines) is 2. The van der Waals surface area contributed by atoms with E-state index in [1.165, 1.54) is 50.9 Å². The smallest absolute Gasteiger partial charge is 0.191 e. The number of hydrogen-bond donors (Lipinski definition) is 2. The summed E-state index contributed by atoms with van der Waals surface area (Å²) >= 11 is 0. The van der Waals surface area contributed by atoms with E-state index >= 15 is 0 Å². The maximum atomic E-state index is 4.46. The monoisotopic (exact) mass is 371 g/mol. The van der Waals surface area contributed by atoms with Crippen molar-refractivity contribution >= 4 is 5.96 Å². The topological polar surface area (TPSA) is 42.9 Å². The summed E-state index contributed by atoms with van der Waals surface area (Å²) in [4.78, 5) is 9.58. The fourth-order valence-electron chi connectivity index (χ4n) is 4.31. The summed E-state index contributed by atoms with van der Waals surface area (Å²) in [6, 6.07) is 11.3. The first-order valence-electron chi connectivity index (χ1n) is 10.7. The van der Waals surface area contributed by atoms with E-state index in [0.717, 1.165) is 38.1 Å². The van der Waals surface area contributed by atoms with Crippen LogP contribution in [-0.2, 0) is 6.54 Å². The number of guanidine groups is 1. The molecule has 0 amide bonds. The number of piperidine rings is 2. The third-order valence-electron chi connectivity index (χ3n) is 6.01. The van der Waals surface area contributed by atoms with Crippen molar-refractivity contribution in [3.63, 3.8) is 0 Å². The second-order valence-corrected chi connectivity index (χ2v) is 8.03. The highest BCUT2D eigenvalue weighted by Gasteiger charge is 2.21. The molecule has 0 aliphatic carbocycles. The maximum absolute atomic E-state index is 4.46. The van der Waals surface area contributed by atoms with Gasteiger partial charge in [-0.3, -0.25) is 9.89 Å². The van der Waals surface area contributed by atoms with Gasteiger partial charge in [0.15, 0.2) is 5.96 Å². The Morgan fingerprint density at radius 2 is 1.85 bits per heavy atom. The highest BCUT2D eigenvalue weighted by molar-refractivity contribution is 5.79. The lowest BCUT2D eigenvalue weighted by Crippen LogP contribution is -2.50. The molecule has 1 aromatic carbocycles. The van der Waals surface area contributed by atoms with E-state index in [2.05, 4.69) is 62.7 Å². The number of rotatable bonds is 6. The molecule has 1 atom stereocenters. The van der Waals surface area contributed by atoms with Gasteiger partial charge in [-0.25, -0.2) is 0 Å². The molecule has 1 unspecified atom stereocenters. The van der Waals surface area contributed by atoms with Gasteiger partial charge in [0, 0.05) is 45.8 Å². The van der Waals surface area contributed by atoms with E-state index in [-0.39, 0.29) is 0 Å². The molecule has 0 saturated carbocycles. The number of hydrogen-bond acceptors (Lipinski definition) is 3. The number of aliphatic imine (C=N–C) groups is 1. The molecule has 5 heteroatoms. The first-order chi connectivity index (χ1) is 13.3. The maximum Gasteiger partial charge on any atom is 0.191 e. The molecular formula is C22H37N5. The molecule has 3 rings (SSSR count). The molecule has 2 fully saturated rings. The van der Waals surface area contributed by atoms with Gasteiger partial charge in [-0.2, -0.15) is 0 Å². The minimum absolute atomic E-state index is 0.529. The van der Waals surface area contributed by atoms with Gasteiger partial charge in [0.05, 0.1) is 0 Å². The van der Waals surface area contributed by atoms with Gasteiger partial charge in [-0.15, -0.1) is 0 Å². The predicted molar refractivity (Wildman–Crippen MR) is 114 cm³/mol. The Morgan fingerprint density at radius 3 is 2.56 bits per heavy atom. The van der Waals surface area contributed by atoms with Gasteiger partial charge in [0.1, 0.15) is 0 Å². The number of nitrogens with one attached hydrogen (secondary N) is 2. The van der Waals surface area contributed by atoms with Gasteiger partial charge < -0.3 is 15.5 Å². The molecular weight excluding hydrogens is 334 g/mol. The summed E-state index contributed by atoms with van der Waals surface area (Å²) < 4.78 is 0. The Balaban J connectivity index is 1.37. The zero-order valence-corrected chi connectivity index (χ0v) is 17.2. The van der Waals surface area contributed by atoms with E-state index in [9.17, 15) is 0 Å². The summed E-state index contributed by atoms with van der Waals surface area (Å²) in [6.07, 6.45) is 5.02. The molecule has 150 valence electrons. The molecule has 2 saturated heterocycles. The molecule has 0 aromatic heterocycles. The van der Waals surface area contributed by atoms with Crippen LogP contribution >= 0.6 is 0 Å². The van der Waals surface area contributed by atoms with E-state index in [1.807, 2.05) is 7.05 Å². The van der Waals surface area contributed by atoms with Crippen LogP contribution in [0.25, 0.3) is 0 Å². The van der Waals surface area contributed by atoms with Crippen molar-refractivity contribution in [2.75, 3.05) is 46.3 Å². The van der Waals surface area contributed by atoms with Gasteiger partial charge >= 0.3 is 0 Å². The van der Waals surface area contributed by atoms with Crippen molar-refractivity contribution < 1.29 is 0 Å². The van der Waals surface area contributed by atoms with Crippen molar-refractivity contribution in [1.29, 1.82) is 0 Å². The summed E-state index contributed by atoms with van der Waals surface area (Å²) in [5, 5.41) is 7.23. The van der Waals surface area contributed by atoms with Crippen molar-refractivity contribution in [2.45, 2.75) is 45.2 Å². The molecule has 27 heavy (non-hydrogen) atoms. The van der Waals surface area contributed by atoms with Gasteiger partial charge in [-0.05, 0) is 50.3 Å². The van der Waals surface area contributed by atoms with Crippen molar-refractivity contribution in [3.05, 3.63) is 35.9 Å². The Morgan fingerprint density at radius 1 is 1.07 bits per heavy atom. The first kappa shape index (κ1) is 20.2. The summed E-state index contributed by atoms with van der Waals surface area (Å²) in [5.74, 6) is 1.72. The van der Waals surface area contributed by atoms with Crippen LogP contribution in [0.2, 0.25) is 0 Å². The fraction of sp³-hybridized carbons (Fsp3) is 0.682. The third kappa shape index (κ3) is 6.51. The third-order valence-corrected chi connectivity index (χ3v) is 6.01. The second kappa shape index (κ2) is 10.7. The molecule has 2 heterocycles. The molecule has 2 aliphatic heterocycles. The van der Waals surface area contributed by atoms with Gasteiger partial charge in [-0.1, -0.05) is 37.3 Å². The van der Waals surface area contributed by atoms with Crippen LogP contribution in [0, 0.1) is 5.92 Å². The number of benzene rings is 1. The Bertz CT molecular complexity index is 565. The zero-order chi connectivity index (χ0) is 18.9. The van der Waals surface area contributed by atoms with Crippen LogP contribution in [0.15, 0.2) is 35.3 Å². The average Bonchev–Trinajstić information content (AvgIpc) is 2.73. The number of nitrogens with zero attached hydrogens (tertiary/aromatic N) is 3. The average molecular weight is 372 g/mol. The second-order valence-electron chi connectivity index (χ2n) is 8.03. The Kier molecular flexibility index (Phi) is 7.96. The molecule has 0 bridgehead atoms. The molecule has 2 N–H and O–H groups in total. The van der Waals surface area contributed by atoms with Crippen LogP contribution in [0.1, 0.15) is 38.2 Å². The first-order valence-corrected chi connectivity index (χ1v) is 10.7. The molecule has 5 nitrogen and oxygen atoms in total. The van der Waals surface area contributed by atoms with Crippen molar-refractivity contribution in [2.24, 2.45) is 10.9 Å². The van der Waals surface area contributed by atoms with E-state index < -0.39 is 0 Å². The van der Waals surface area contributed by atoms with E-state index in [1.54, 1.807) is 0 Å². The Hall–Kier alpha value is -1.59. The Labute approximate surface area is 165 Å². The van der Waals surface area contributed by atoms with Gasteiger partial charge in [0.25, 0.3) is 0 Å². The van der Waals surface area contributed by atoms with Crippen LogP contribution in [-0.4, -0.2) is 68.1 Å². The summed E-state index contributed by atoms with van der Waals surface area (Å²) in [7, 11) is 1.89. The van der Waals surface area contributed by atoms with Gasteiger partial charge in [0.2, 0.25) is 0 Å². The van der Waals surface area contributed by atoms with Crippen LogP contribution in [0.5, 0.6) is 0 Å². The lowest BCUT2D eigenvalue weighted by molar-refractivity contribution is 0.182. The van der Waals surface area contributed by atoms with Crippen molar-refractivity contribution in [1.82, 2.24) is 20.4 Å². The summed E-state index contributed by atoms with van der Waals surface area (Å²) in [6.45, 7) is 10.3. The minimum atomic E-state index is 0.529. The standard InChI is InChI=1S/C22H37N5/c1-3-26-13-7-10-20(18-26)16-24-22(23-2)25-21-11-14-27(15-12-21)17-19-8-5-4-6-9-19/h4-6,8-9,20-21H,3,7,10-18H2,1-2H3,(H2,23,24,25). The van der Waals surface area contributed by atoms with E-state index in [0.29, 0.717) is 6.04 Å². The van der Waals surface area contributed by atoms with Crippen LogP contribution in [0.3, 0.4) is 0 Å². The van der Waals surface area contributed by atoms with E-state index in [4.69, 9.17) is 0 Å². The molecule has 0 spiro atoms. The lowest BCUT2D eigenvalue weighted by Gasteiger charge is -2.34. The highest BCUT2D eigenvalue weighted by atomic mass is 15.2. The highest BCUT2D eigenvalue weighted by Crippen LogP contribution is 2.16. The quantitative estimate of drug-likeness (QED) is 0.596. The fourth-order valence-corrected chi connectivity index (χ4v) is 4.31. The van der Waals surface area contributed by atoms with Crippen molar-refractivity contribution in [3.8, 4) is 0 Å². The normalized spacial score (nSPS) is 23.3. The SMILES string of the molecule is CCN1CCCC(CNC(=NC)NC2CCN(Cc3ccccc3)CC2)C1.